The fourth-order valence-electron chi connectivity index (χ4n) is 2.16. The van der Waals surface area contributed by atoms with Crippen LogP contribution in [0.25, 0.3) is 0 Å². The lowest BCUT2D eigenvalue weighted by Crippen LogP contribution is -2.27. The van der Waals surface area contributed by atoms with Crippen LogP contribution in [0.4, 0.5) is 0 Å². The first-order chi connectivity index (χ1) is 7.56. The Morgan fingerprint density at radius 2 is 2.06 bits per heavy atom. The van der Waals surface area contributed by atoms with Crippen molar-refractivity contribution in [3.63, 3.8) is 0 Å². The van der Waals surface area contributed by atoms with Crippen LogP contribution in [0.1, 0.15) is 32.6 Å². The second-order valence-electron chi connectivity index (χ2n) is 4.50. The lowest BCUT2D eigenvalue weighted by molar-refractivity contribution is -0.151. The van der Waals surface area contributed by atoms with Crippen molar-refractivity contribution in [3.8, 4) is 0 Å². The van der Waals surface area contributed by atoms with Crippen molar-refractivity contribution in [1.82, 2.24) is 4.90 Å². The van der Waals surface area contributed by atoms with E-state index in [0.29, 0.717) is 25.5 Å². The number of carbonyl (C=O) groups is 2. The molecule has 2 atom stereocenters. The fourth-order valence-corrected chi connectivity index (χ4v) is 2.16. The maximum atomic E-state index is 11.8. The van der Waals surface area contributed by atoms with Gasteiger partial charge in [0, 0.05) is 12.5 Å². The first-order valence-electron chi connectivity index (χ1n) is 5.92. The van der Waals surface area contributed by atoms with Gasteiger partial charge in [0.05, 0.1) is 6.61 Å². The molecule has 1 saturated carbocycles. The Kier molecular flexibility index (Phi) is 4.93. The summed E-state index contributed by atoms with van der Waals surface area (Å²) in [6.07, 6.45) is 2.86. The van der Waals surface area contributed by atoms with Crippen LogP contribution in [0.5, 0.6) is 0 Å². The van der Waals surface area contributed by atoms with Gasteiger partial charge in [-0.3, -0.25) is 9.59 Å². The lowest BCUT2D eigenvalue weighted by atomic mass is 9.99. The number of hydrogen-bond acceptors (Lipinski definition) is 4. The van der Waals surface area contributed by atoms with Crippen LogP contribution in [-0.2, 0) is 14.3 Å². The Balaban J connectivity index is 2.60. The van der Waals surface area contributed by atoms with Crippen molar-refractivity contribution in [1.29, 1.82) is 0 Å². The zero-order chi connectivity index (χ0) is 12.1. The SMILES string of the molecule is CCOC(=O)C1CCC(N(C)C)CCC1=O. The zero-order valence-corrected chi connectivity index (χ0v) is 10.4. The molecule has 4 nitrogen and oxygen atoms in total. The molecule has 0 aromatic rings. The monoisotopic (exact) mass is 227 g/mol. The first kappa shape index (κ1) is 13.2. The maximum absolute atomic E-state index is 11.8. The van der Waals surface area contributed by atoms with Gasteiger partial charge in [0.25, 0.3) is 0 Å². The summed E-state index contributed by atoms with van der Waals surface area (Å²) in [4.78, 5) is 25.5. The summed E-state index contributed by atoms with van der Waals surface area (Å²) >= 11 is 0. The largest absolute Gasteiger partial charge is 0.465 e. The van der Waals surface area contributed by atoms with E-state index in [9.17, 15) is 9.59 Å². The Morgan fingerprint density at radius 3 is 2.62 bits per heavy atom. The summed E-state index contributed by atoms with van der Waals surface area (Å²) in [5, 5.41) is 0. The molecule has 0 bridgehead atoms. The Morgan fingerprint density at radius 1 is 1.38 bits per heavy atom. The number of ether oxygens (including phenoxy) is 1. The number of ketones is 1. The standard InChI is InChI=1S/C12H21NO3/c1-4-16-12(15)10-7-5-9(13(2)3)6-8-11(10)14/h9-10H,4-8H2,1-3H3. The van der Waals surface area contributed by atoms with E-state index in [1.165, 1.54) is 0 Å². The van der Waals surface area contributed by atoms with E-state index in [0.717, 1.165) is 12.8 Å². The van der Waals surface area contributed by atoms with Gasteiger partial charge >= 0.3 is 5.97 Å². The Hall–Kier alpha value is -0.900. The van der Waals surface area contributed by atoms with Crippen LogP contribution in [0.2, 0.25) is 0 Å². The highest BCUT2D eigenvalue weighted by atomic mass is 16.5. The van der Waals surface area contributed by atoms with Crippen molar-refractivity contribution < 1.29 is 14.3 Å². The van der Waals surface area contributed by atoms with E-state index in [-0.39, 0.29) is 11.8 Å². The van der Waals surface area contributed by atoms with Gasteiger partial charge in [-0.25, -0.2) is 0 Å². The van der Waals surface area contributed by atoms with Crippen molar-refractivity contribution in [3.05, 3.63) is 0 Å². The quantitative estimate of drug-likeness (QED) is 0.413. The molecule has 0 amide bonds. The highest BCUT2D eigenvalue weighted by Crippen LogP contribution is 2.23. The summed E-state index contributed by atoms with van der Waals surface area (Å²) in [5.74, 6) is -0.820. The number of nitrogens with zero attached hydrogens (tertiary/aromatic N) is 1. The molecule has 0 heterocycles. The Bertz CT molecular complexity index is 263. The summed E-state index contributed by atoms with van der Waals surface area (Å²) < 4.78 is 4.93. The number of rotatable bonds is 3. The zero-order valence-electron chi connectivity index (χ0n) is 10.4. The second kappa shape index (κ2) is 5.99. The summed E-state index contributed by atoms with van der Waals surface area (Å²) in [6.45, 7) is 2.11. The molecule has 92 valence electrons. The van der Waals surface area contributed by atoms with E-state index < -0.39 is 5.92 Å². The average Bonchev–Trinajstić information content (AvgIpc) is 2.40. The van der Waals surface area contributed by atoms with Gasteiger partial charge in [-0.05, 0) is 40.3 Å². The van der Waals surface area contributed by atoms with E-state index in [1.54, 1.807) is 6.92 Å². The van der Waals surface area contributed by atoms with Gasteiger partial charge in [0.1, 0.15) is 11.7 Å². The van der Waals surface area contributed by atoms with Crippen LogP contribution in [0.3, 0.4) is 0 Å². The predicted octanol–water partition coefficient (Wildman–Crippen LogP) is 1.24. The molecule has 1 aliphatic carbocycles. The summed E-state index contributed by atoms with van der Waals surface area (Å²) in [5.41, 5.74) is 0. The molecule has 1 rings (SSSR count). The minimum Gasteiger partial charge on any atom is -0.465 e. The number of carbonyl (C=O) groups excluding carboxylic acids is 2. The smallest absolute Gasteiger partial charge is 0.316 e. The normalized spacial score (nSPS) is 26.6. The van der Waals surface area contributed by atoms with Crippen LogP contribution < -0.4 is 0 Å². The van der Waals surface area contributed by atoms with E-state index in [2.05, 4.69) is 4.90 Å². The summed E-state index contributed by atoms with van der Waals surface area (Å²) in [7, 11) is 4.03. The van der Waals surface area contributed by atoms with Gasteiger partial charge in [0.15, 0.2) is 0 Å². The fraction of sp³-hybridized carbons (Fsp3) is 0.833. The molecule has 0 N–H and O–H groups in total. The Labute approximate surface area is 96.9 Å². The van der Waals surface area contributed by atoms with Crippen LogP contribution in [-0.4, -0.2) is 43.4 Å². The maximum Gasteiger partial charge on any atom is 0.316 e. The molecular weight excluding hydrogens is 206 g/mol. The number of hydrogen-bond donors (Lipinski definition) is 0. The average molecular weight is 227 g/mol. The highest BCUT2D eigenvalue weighted by Gasteiger charge is 2.32. The molecule has 0 radical (unpaired) electrons. The second-order valence-corrected chi connectivity index (χ2v) is 4.50. The highest BCUT2D eigenvalue weighted by molar-refractivity contribution is 5.99. The lowest BCUT2D eigenvalue weighted by Gasteiger charge is -2.21. The van der Waals surface area contributed by atoms with E-state index in [4.69, 9.17) is 4.74 Å². The van der Waals surface area contributed by atoms with Crippen LogP contribution in [0, 0.1) is 5.92 Å². The first-order valence-corrected chi connectivity index (χ1v) is 5.92. The molecular formula is C12H21NO3. The molecule has 4 heteroatoms. The minimum absolute atomic E-state index is 0.0443. The third kappa shape index (κ3) is 3.30. The molecule has 16 heavy (non-hydrogen) atoms. The summed E-state index contributed by atoms with van der Waals surface area (Å²) in [6, 6.07) is 0.406. The van der Waals surface area contributed by atoms with Gasteiger partial charge in [-0.1, -0.05) is 0 Å². The van der Waals surface area contributed by atoms with Crippen molar-refractivity contribution in [2.45, 2.75) is 38.6 Å². The molecule has 1 aliphatic rings. The van der Waals surface area contributed by atoms with E-state index >= 15 is 0 Å². The number of esters is 1. The van der Waals surface area contributed by atoms with Crippen LogP contribution in [0.15, 0.2) is 0 Å². The van der Waals surface area contributed by atoms with Crippen LogP contribution >= 0.6 is 0 Å². The topological polar surface area (TPSA) is 46.6 Å². The molecule has 0 aromatic carbocycles. The molecule has 1 fully saturated rings. The van der Waals surface area contributed by atoms with Crippen molar-refractivity contribution >= 4 is 11.8 Å². The van der Waals surface area contributed by atoms with Gasteiger partial charge in [-0.2, -0.15) is 0 Å². The molecule has 0 spiro atoms. The van der Waals surface area contributed by atoms with E-state index in [1.807, 2.05) is 14.1 Å². The minimum atomic E-state index is -0.523. The van der Waals surface area contributed by atoms with Gasteiger partial charge < -0.3 is 9.64 Å². The number of Topliss-reactive ketones (excluding diaryl/α,β-unsaturated/α-hetero) is 1. The molecule has 0 aromatic heterocycles. The predicted molar refractivity (Wildman–Crippen MR) is 61.1 cm³/mol. The van der Waals surface area contributed by atoms with Gasteiger partial charge in [-0.15, -0.1) is 0 Å². The van der Waals surface area contributed by atoms with Gasteiger partial charge in [0.2, 0.25) is 0 Å². The molecule has 0 saturated heterocycles. The third-order valence-corrected chi connectivity index (χ3v) is 3.20. The third-order valence-electron chi connectivity index (χ3n) is 3.20. The molecule has 2 unspecified atom stereocenters. The van der Waals surface area contributed by atoms with Crippen molar-refractivity contribution in [2.75, 3.05) is 20.7 Å². The van der Waals surface area contributed by atoms with Crippen molar-refractivity contribution in [2.24, 2.45) is 5.92 Å². The molecule has 0 aliphatic heterocycles.